The Morgan fingerprint density at radius 2 is 2.32 bits per heavy atom. The lowest BCUT2D eigenvalue weighted by Gasteiger charge is -2.23. The van der Waals surface area contributed by atoms with Gasteiger partial charge in [0.05, 0.1) is 0 Å². The number of aromatic nitrogens is 1. The number of carbonyl (C=O) groups excluding carboxylic acids is 1. The van der Waals surface area contributed by atoms with Crippen LogP contribution in [0.4, 0.5) is 5.82 Å². The second kappa shape index (κ2) is 6.28. The van der Waals surface area contributed by atoms with Crippen molar-refractivity contribution < 1.29 is 4.79 Å². The zero-order valence-corrected chi connectivity index (χ0v) is 12.5. The quantitative estimate of drug-likeness (QED) is 0.919. The molecular formula is C14H21N3OS. The van der Waals surface area contributed by atoms with Gasteiger partial charge in [0.2, 0.25) is 0 Å². The zero-order valence-electron chi connectivity index (χ0n) is 11.7. The fourth-order valence-corrected chi connectivity index (χ4v) is 3.37. The number of thioether (sulfide) groups is 1. The van der Waals surface area contributed by atoms with Crippen LogP contribution in [-0.4, -0.2) is 46.4 Å². The summed E-state index contributed by atoms with van der Waals surface area (Å²) >= 11 is 1.91. The molecule has 19 heavy (non-hydrogen) atoms. The van der Waals surface area contributed by atoms with E-state index >= 15 is 0 Å². The molecule has 1 N–H and O–H groups in total. The lowest BCUT2D eigenvalue weighted by Crippen LogP contribution is -2.37. The maximum atomic E-state index is 12.4. The van der Waals surface area contributed by atoms with E-state index < -0.39 is 0 Å². The van der Waals surface area contributed by atoms with E-state index in [2.05, 4.69) is 24.1 Å². The summed E-state index contributed by atoms with van der Waals surface area (Å²) in [6, 6.07) is 6.21. The fraction of sp³-hybridized carbons (Fsp3) is 0.571. The Labute approximate surface area is 119 Å². The molecule has 0 bridgehead atoms. The van der Waals surface area contributed by atoms with E-state index in [0.29, 0.717) is 17.8 Å². The highest BCUT2D eigenvalue weighted by molar-refractivity contribution is 7.99. The molecule has 104 valence electrons. The standard InChI is InChI=1S/C14H21N3OS/c1-10(2)15-13-6-4-5-12(16-13)14(18)17(3)11-7-8-19-9-11/h4-6,10-11H,7-9H2,1-3H3,(H,15,16). The zero-order chi connectivity index (χ0) is 13.8. The number of carbonyl (C=O) groups is 1. The third-order valence-corrected chi connectivity index (χ3v) is 4.32. The number of nitrogens with zero attached hydrogens (tertiary/aromatic N) is 2. The van der Waals surface area contributed by atoms with Crippen molar-refractivity contribution in [2.24, 2.45) is 0 Å². The summed E-state index contributed by atoms with van der Waals surface area (Å²) in [5.74, 6) is 2.95. The van der Waals surface area contributed by atoms with E-state index in [-0.39, 0.29) is 5.91 Å². The minimum absolute atomic E-state index is 0.0138. The van der Waals surface area contributed by atoms with Crippen LogP contribution in [-0.2, 0) is 0 Å². The van der Waals surface area contributed by atoms with Crippen LogP contribution in [0.5, 0.6) is 0 Å². The average molecular weight is 279 g/mol. The maximum absolute atomic E-state index is 12.4. The van der Waals surface area contributed by atoms with Crippen LogP contribution in [0.3, 0.4) is 0 Å². The molecule has 1 aromatic rings. The number of nitrogens with one attached hydrogen (secondary N) is 1. The summed E-state index contributed by atoms with van der Waals surface area (Å²) in [5, 5.41) is 3.22. The van der Waals surface area contributed by atoms with Crippen molar-refractivity contribution in [1.29, 1.82) is 0 Å². The fourth-order valence-electron chi connectivity index (χ4n) is 2.10. The second-order valence-electron chi connectivity index (χ2n) is 5.14. The van der Waals surface area contributed by atoms with Gasteiger partial charge in [-0.3, -0.25) is 4.79 Å². The van der Waals surface area contributed by atoms with Crippen molar-refractivity contribution in [3.8, 4) is 0 Å². The molecule has 1 aliphatic rings. The van der Waals surface area contributed by atoms with Crippen LogP contribution in [0.1, 0.15) is 30.8 Å². The summed E-state index contributed by atoms with van der Waals surface area (Å²) in [5.41, 5.74) is 0.519. The predicted molar refractivity (Wildman–Crippen MR) is 80.8 cm³/mol. The van der Waals surface area contributed by atoms with Gasteiger partial charge in [-0.05, 0) is 38.2 Å². The van der Waals surface area contributed by atoms with Crippen LogP contribution in [0.25, 0.3) is 0 Å². The molecule has 1 atom stereocenters. The van der Waals surface area contributed by atoms with Crippen molar-refractivity contribution in [2.75, 3.05) is 23.9 Å². The summed E-state index contributed by atoms with van der Waals surface area (Å²) < 4.78 is 0. The first kappa shape index (κ1) is 14.2. The van der Waals surface area contributed by atoms with E-state index in [9.17, 15) is 4.79 Å². The van der Waals surface area contributed by atoms with Crippen molar-refractivity contribution in [3.63, 3.8) is 0 Å². The smallest absolute Gasteiger partial charge is 0.272 e. The van der Waals surface area contributed by atoms with Gasteiger partial charge in [0.25, 0.3) is 5.91 Å². The Morgan fingerprint density at radius 1 is 1.53 bits per heavy atom. The molecule has 1 saturated heterocycles. The van der Waals surface area contributed by atoms with Crippen molar-refractivity contribution in [3.05, 3.63) is 23.9 Å². The molecule has 0 spiro atoms. The number of pyridine rings is 1. The number of anilines is 1. The summed E-state index contributed by atoms with van der Waals surface area (Å²) in [7, 11) is 1.88. The molecule has 0 aliphatic carbocycles. The van der Waals surface area contributed by atoms with E-state index in [1.54, 1.807) is 6.07 Å². The van der Waals surface area contributed by atoms with Gasteiger partial charge in [-0.25, -0.2) is 4.98 Å². The van der Waals surface area contributed by atoms with E-state index in [4.69, 9.17) is 0 Å². The topological polar surface area (TPSA) is 45.2 Å². The van der Waals surface area contributed by atoms with Gasteiger partial charge in [-0.15, -0.1) is 0 Å². The molecule has 1 aromatic heterocycles. The molecule has 1 fully saturated rings. The molecular weight excluding hydrogens is 258 g/mol. The first-order valence-corrected chi connectivity index (χ1v) is 7.82. The summed E-state index contributed by atoms with van der Waals surface area (Å²) in [4.78, 5) is 18.6. The Morgan fingerprint density at radius 3 is 2.95 bits per heavy atom. The van der Waals surface area contributed by atoms with E-state index in [1.165, 1.54) is 0 Å². The van der Waals surface area contributed by atoms with Crippen LogP contribution < -0.4 is 5.32 Å². The minimum Gasteiger partial charge on any atom is -0.368 e. The van der Waals surface area contributed by atoms with Crippen molar-refractivity contribution in [2.45, 2.75) is 32.4 Å². The molecule has 5 heteroatoms. The molecule has 1 aliphatic heterocycles. The van der Waals surface area contributed by atoms with Crippen molar-refractivity contribution in [1.82, 2.24) is 9.88 Å². The van der Waals surface area contributed by atoms with Crippen LogP contribution in [0.2, 0.25) is 0 Å². The molecule has 2 heterocycles. The SMILES string of the molecule is CC(C)Nc1cccc(C(=O)N(C)C2CCSC2)n1. The van der Waals surface area contributed by atoms with E-state index in [0.717, 1.165) is 23.7 Å². The normalized spacial score (nSPS) is 18.6. The second-order valence-corrected chi connectivity index (χ2v) is 6.29. The van der Waals surface area contributed by atoms with Gasteiger partial charge in [-0.1, -0.05) is 6.07 Å². The first-order valence-electron chi connectivity index (χ1n) is 6.66. The Hall–Kier alpha value is -1.23. The third kappa shape index (κ3) is 3.62. The van der Waals surface area contributed by atoms with Gasteiger partial charge in [0.1, 0.15) is 11.5 Å². The van der Waals surface area contributed by atoms with E-state index in [1.807, 2.05) is 35.8 Å². The number of rotatable bonds is 4. The third-order valence-electron chi connectivity index (χ3n) is 3.18. The van der Waals surface area contributed by atoms with Crippen molar-refractivity contribution >= 4 is 23.5 Å². The number of amides is 1. The van der Waals surface area contributed by atoms with Gasteiger partial charge >= 0.3 is 0 Å². The van der Waals surface area contributed by atoms with Gasteiger partial charge < -0.3 is 10.2 Å². The highest BCUT2D eigenvalue weighted by Gasteiger charge is 2.25. The number of hydrogen-bond acceptors (Lipinski definition) is 4. The highest BCUT2D eigenvalue weighted by atomic mass is 32.2. The summed E-state index contributed by atoms with van der Waals surface area (Å²) in [6.07, 6.45) is 1.08. The molecule has 1 amide bonds. The Balaban J connectivity index is 2.09. The minimum atomic E-state index is 0.0138. The predicted octanol–water partition coefficient (Wildman–Crippen LogP) is 2.48. The Kier molecular flexibility index (Phi) is 4.69. The lowest BCUT2D eigenvalue weighted by atomic mass is 10.2. The lowest BCUT2D eigenvalue weighted by molar-refractivity contribution is 0.0742. The molecule has 2 rings (SSSR count). The number of hydrogen-bond donors (Lipinski definition) is 1. The maximum Gasteiger partial charge on any atom is 0.272 e. The molecule has 0 aromatic carbocycles. The molecule has 4 nitrogen and oxygen atoms in total. The average Bonchev–Trinajstić information content (AvgIpc) is 2.90. The van der Waals surface area contributed by atoms with Gasteiger partial charge in [-0.2, -0.15) is 11.8 Å². The van der Waals surface area contributed by atoms with Crippen LogP contribution in [0, 0.1) is 0 Å². The largest absolute Gasteiger partial charge is 0.368 e. The molecule has 0 radical (unpaired) electrons. The van der Waals surface area contributed by atoms with Crippen LogP contribution in [0.15, 0.2) is 18.2 Å². The highest BCUT2D eigenvalue weighted by Crippen LogP contribution is 2.22. The molecule has 1 unspecified atom stereocenters. The van der Waals surface area contributed by atoms with Crippen LogP contribution >= 0.6 is 11.8 Å². The monoisotopic (exact) mass is 279 g/mol. The van der Waals surface area contributed by atoms with Gasteiger partial charge in [0.15, 0.2) is 0 Å². The first-order chi connectivity index (χ1) is 9.08. The molecule has 0 saturated carbocycles. The van der Waals surface area contributed by atoms with Gasteiger partial charge in [0, 0.05) is 24.9 Å². The summed E-state index contributed by atoms with van der Waals surface area (Å²) in [6.45, 7) is 4.11. The Bertz CT molecular complexity index is 444.